The van der Waals surface area contributed by atoms with Crippen molar-refractivity contribution >= 4 is 17.9 Å². The summed E-state index contributed by atoms with van der Waals surface area (Å²) >= 11 is 0. The van der Waals surface area contributed by atoms with Gasteiger partial charge in [0.25, 0.3) is 0 Å². The van der Waals surface area contributed by atoms with E-state index in [9.17, 15) is 9.18 Å². The Morgan fingerprint density at radius 3 is 2.74 bits per heavy atom. The van der Waals surface area contributed by atoms with E-state index in [1.165, 1.54) is 6.07 Å². The van der Waals surface area contributed by atoms with Crippen LogP contribution in [-0.4, -0.2) is 60.3 Å². The number of amides is 1. The van der Waals surface area contributed by atoms with E-state index in [0.29, 0.717) is 63.1 Å². The molecule has 0 bridgehead atoms. The van der Waals surface area contributed by atoms with Crippen molar-refractivity contribution in [3.8, 4) is 0 Å². The van der Waals surface area contributed by atoms with Crippen molar-refractivity contribution in [3.63, 3.8) is 0 Å². The molecule has 7 nitrogen and oxygen atoms in total. The van der Waals surface area contributed by atoms with Crippen molar-refractivity contribution in [1.82, 2.24) is 14.9 Å². The summed E-state index contributed by atoms with van der Waals surface area (Å²) in [6, 6.07) is 8.56. The second-order valence-corrected chi connectivity index (χ2v) is 6.18. The molecular weight excluding hydrogens is 349 g/mol. The summed E-state index contributed by atoms with van der Waals surface area (Å²) in [4.78, 5) is 24.4. The first kappa shape index (κ1) is 18.9. The van der Waals surface area contributed by atoms with Crippen LogP contribution in [0.15, 0.2) is 36.5 Å². The summed E-state index contributed by atoms with van der Waals surface area (Å²) in [5.41, 5.74) is 0.675. The molecular formula is C19H24FN5O2. The SMILES string of the molecule is CCOC(=O)N1CCN(c2nccc(NCCc3ccccc3F)n2)CC1. The molecule has 2 heterocycles. The molecule has 2 aromatic rings. The van der Waals surface area contributed by atoms with E-state index in [0.717, 1.165) is 0 Å². The number of piperazine rings is 1. The molecule has 8 heteroatoms. The molecule has 0 saturated carbocycles. The normalized spacial score (nSPS) is 14.1. The van der Waals surface area contributed by atoms with Crippen LogP contribution in [0, 0.1) is 5.82 Å². The largest absolute Gasteiger partial charge is 0.450 e. The zero-order valence-corrected chi connectivity index (χ0v) is 15.4. The van der Waals surface area contributed by atoms with Crippen LogP contribution in [0.3, 0.4) is 0 Å². The van der Waals surface area contributed by atoms with E-state index in [2.05, 4.69) is 15.3 Å². The molecule has 1 aliphatic heterocycles. The topological polar surface area (TPSA) is 70.6 Å². The molecule has 1 aromatic heterocycles. The van der Waals surface area contributed by atoms with Crippen molar-refractivity contribution < 1.29 is 13.9 Å². The minimum absolute atomic E-state index is 0.192. The number of hydrogen-bond donors (Lipinski definition) is 1. The van der Waals surface area contributed by atoms with Gasteiger partial charge in [0.1, 0.15) is 11.6 Å². The molecule has 1 aliphatic rings. The molecule has 0 atom stereocenters. The van der Waals surface area contributed by atoms with Crippen molar-refractivity contribution in [2.75, 3.05) is 49.5 Å². The van der Waals surface area contributed by atoms with E-state index < -0.39 is 0 Å². The van der Waals surface area contributed by atoms with Gasteiger partial charge in [-0.25, -0.2) is 14.2 Å². The first-order valence-electron chi connectivity index (χ1n) is 9.14. The Bertz CT molecular complexity index is 765. The fourth-order valence-corrected chi connectivity index (χ4v) is 2.93. The quantitative estimate of drug-likeness (QED) is 0.839. The number of carbonyl (C=O) groups is 1. The molecule has 27 heavy (non-hydrogen) atoms. The Morgan fingerprint density at radius 1 is 1.22 bits per heavy atom. The van der Waals surface area contributed by atoms with E-state index in [-0.39, 0.29) is 11.9 Å². The van der Waals surface area contributed by atoms with Crippen molar-refractivity contribution in [2.45, 2.75) is 13.3 Å². The fourth-order valence-electron chi connectivity index (χ4n) is 2.93. The Hall–Kier alpha value is -2.90. The van der Waals surface area contributed by atoms with Crippen molar-refractivity contribution in [3.05, 3.63) is 47.9 Å². The summed E-state index contributed by atoms with van der Waals surface area (Å²) in [6.45, 7) is 5.21. The van der Waals surface area contributed by atoms with Gasteiger partial charge in [-0.3, -0.25) is 0 Å². The van der Waals surface area contributed by atoms with Gasteiger partial charge in [0.2, 0.25) is 5.95 Å². The third-order valence-corrected chi connectivity index (χ3v) is 4.39. The molecule has 144 valence electrons. The first-order valence-corrected chi connectivity index (χ1v) is 9.14. The number of rotatable bonds is 6. The number of nitrogens with one attached hydrogen (secondary N) is 1. The number of benzene rings is 1. The molecule has 0 unspecified atom stereocenters. The molecule has 0 spiro atoms. The summed E-state index contributed by atoms with van der Waals surface area (Å²) in [5.74, 6) is 1.13. The molecule has 1 aromatic carbocycles. The smallest absolute Gasteiger partial charge is 0.409 e. The molecule has 1 fully saturated rings. The van der Waals surface area contributed by atoms with Crippen LogP contribution in [0.2, 0.25) is 0 Å². The van der Waals surface area contributed by atoms with E-state index >= 15 is 0 Å². The summed E-state index contributed by atoms with van der Waals surface area (Å²) in [7, 11) is 0. The van der Waals surface area contributed by atoms with Crippen LogP contribution >= 0.6 is 0 Å². The number of hydrogen-bond acceptors (Lipinski definition) is 6. The number of halogens is 1. The lowest BCUT2D eigenvalue weighted by molar-refractivity contribution is 0.105. The Kier molecular flexibility index (Phi) is 6.40. The zero-order valence-electron chi connectivity index (χ0n) is 15.4. The van der Waals surface area contributed by atoms with Gasteiger partial charge in [-0.05, 0) is 31.0 Å². The number of nitrogens with zero attached hydrogens (tertiary/aromatic N) is 4. The molecule has 1 amide bonds. The zero-order chi connectivity index (χ0) is 19.1. The maximum absolute atomic E-state index is 13.7. The highest BCUT2D eigenvalue weighted by Gasteiger charge is 2.23. The molecule has 0 radical (unpaired) electrons. The van der Waals surface area contributed by atoms with Gasteiger partial charge < -0.3 is 19.9 Å². The second kappa shape index (κ2) is 9.16. The maximum atomic E-state index is 13.7. The predicted octanol–water partition coefficient (Wildman–Crippen LogP) is 2.55. The van der Waals surface area contributed by atoms with Gasteiger partial charge in [0.15, 0.2) is 0 Å². The molecule has 0 aliphatic carbocycles. The summed E-state index contributed by atoms with van der Waals surface area (Å²) in [5, 5.41) is 3.21. The summed E-state index contributed by atoms with van der Waals surface area (Å²) in [6.07, 6.45) is 2.00. The van der Waals surface area contributed by atoms with Gasteiger partial charge in [0, 0.05) is 38.9 Å². The van der Waals surface area contributed by atoms with Gasteiger partial charge >= 0.3 is 6.09 Å². The average Bonchev–Trinajstić information content (AvgIpc) is 2.70. The minimum Gasteiger partial charge on any atom is -0.450 e. The highest BCUT2D eigenvalue weighted by Crippen LogP contribution is 2.14. The number of carbonyl (C=O) groups excluding carboxylic acids is 1. The number of anilines is 2. The van der Waals surface area contributed by atoms with Crippen LogP contribution in [0.4, 0.5) is 21.0 Å². The lowest BCUT2D eigenvalue weighted by atomic mass is 10.1. The monoisotopic (exact) mass is 373 g/mol. The lowest BCUT2D eigenvalue weighted by Gasteiger charge is -2.34. The lowest BCUT2D eigenvalue weighted by Crippen LogP contribution is -2.49. The third kappa shape index (κ3) is 5.06. The molecule has 3 rings (SSSR count). The van der Waals surface area contributed by atoms with Crippen molar-refractivity contribution in [1.29, 1.82) is 0 Å². The standard InChI is InChI=1S/C19H24FN5O2/c1-2-27-19(26)25-13-11-24(12-14-25)18-22-10-8-17(23-18)21-9-7-15-5-3-4-6-16(15)20/h3-6,8,10H,2,7,9,11-14H2,1H3,(H,21,22,23). The van der Waals surface area contributed by atoms with Crippen LogP contribution in [-0.2, 0) is 11.2 Å². The fraction of sp³-hybridized carbons (Fsp3) is 0.421. The minimum atomic E-state index is -0.276. The van der Waals surface area contributed by atoms with E-state index in [1.54, 1.807) is 36.2 Å². The van der Waals surface area contributed by atoms with E-state index in [1.807, 2.05) is 11.0 Å². The Labute approximate surface area is 158 Å². The van der Waals surface area contributed by atoms with Crippen LogP contribution < -0.4 is 10.2 Å². The van der Waals surface area contributed by atoms with Gasteiger partial charge in [0.05, 0.1) is 6.61 Å². The number of ether oxygens (including phenoxy) is 1. The third-order valence-electron chi connectivity index (χ3n) is 4.39. The van der Waals surface area contributed by atoms with Gasteiger partial charge in [-0.15, -0.1) is 0 Å². The molecule has 1 N–H and O–H groups in total. The molecule has 1 saturated heterocycles. The van der Waals surface area contributed by atoms with Crippen molar-refractivity contribution in [2.24, 2.45) is 0 Å². The van der Waals surface area contributed by atoms with Crippen LogP contribution in [0.5, 0.6) is 0 Å². The van der Waals surface area contributed by atoms with Crippen LogP contribution in [0.1, 0.15) is 12.5 Å². The predicted molar refractivity (Wildman–Crippen MR) is 101 cm³/mol. The first-order chi connectivity index (χ1) is 13.2. The number of aromatic nitrogens is 2. The average molecular weight is 373 g/mol. The summed E-state index contributed by atoms with van der Waals surface area (Å²) < 4.78 is 18.7. The maximum Gasteiger partial charge on any atom is 0.409 e. The van der Waals surface area contributed by atoms with Gasteiger partial charge in [-0.2, -0.15) is 4.98 Å². The highest BCUT2D eigenvalue weighted by atomic mass is 19.1. The Balaban J connectivity index is 1.52. The van der Waals surface area contributed by atoms with E-state index in [4.69, 9.17) is 4.74 Å². The van der Waals surface area contributed by atoms with Gasteiger partial charge in [-0.1, -0.05) is 18.2 Å². The second-order valence-electron chi connectivity index (χ2n) is 6.18. The Morgan fingerprint density at radius 2 is 2.00 bits per heavy atom. The highest BCUT2D eigenvalue weighted by molar-refractivity contribution is 5.68. The van der Waals surface area contributed by atoms with Crippen LogP contribution in [0.25, 0.3) is 0 Å².